The fraction of sp³-hybridized carbons (Fsp3) is 0.158. The number of rotatable bonds is 7. The molecular weight excluding hydrogens is 334 g/mol. The highest BCUT2D eigenvalue weighted by Gasteiger charge is 2.15. The Labute approximate surface area is 150 Å². The van der Waals surface area contributed by atoms with Crippen LogP contribution in [0.2, 0.25) is 0 Å². The summed E-state index contributed by atoms with van der Waals surface area (Å²) in [6.45, 7) is 4.21. The molecule has 3 aromatic rings. The molecule has 0 aliphatic carbocycles. The van der Waals surface area contributed by atoms with Crippen molar-refractivity contribution in [3.63, 3.8) is 0 Å². The lowest BCUT2D eigenvalue weighted by Crippen LogP contribution is -2.32. The molecule has 0 bridgehead atoms. The maximum atomic E-state index is 12.6. The van der Waals surface area contributed by atoms with E-state index in [1.807, 2.05) is 48.5 Å². The molecule has 0 saturated heterocycles. The molecule has 128 valence electrons. The normalized spacial score (nSPS) is 10.6. The number of nitrogens with one attached hydrogen (secondary N) is 1. The van der Waals surface area contributed by atoms with Gasteiger partial charge >= 0.3 is 0 Å². The molecule has 0 radical (unpaired) electrons. The number of para-hydroxylation sites is 1. The molecule has 0 unspecified atom stereocenters. The zero-order valence-electron chi connectivity index (χ0n) is 13.9. The van der Waals surface area contributed by atoms with Crippen molar-refractivity contribution in [2.75, 3.05) is 24.3 Å². The summed E-state index contributed by atoms with van der Waals surface area (Å²) in [7, 11) is 1.63. The monoisotopic (exact) mass is 353 g/mol. The van der Waals surface area contributed by atoms with E-state index in [0.29, 0.717) is 17.5 Å². The van der Waals surface area contributed by atoms with Gasteiger partial charge in [0, 0.05) is 18.3 Å². The number of carbonyl (C=O) groups excluding carboxylic acids is 1. The van der Waals surface area contributed by atoms with E-state index in [0.717, 1.165) is 22.5 Å². The molecule has 0 atom stereocenters. The molecule has 3 rings (SSSR count). The molecule has 25 heavy (non-hydrogen) atoms. The number of ether oxygens (including phenoxy) is 1. The van der Waals surface area contributed by atoms with E-state index in [1.54, 1.807) is 18.1 Å². The van der Waals surface area contributed by atoms with Gasteiger partial charge in [-0.3, -0.25) is 4.79 Å². The minimum atomic E-state index is 0.00846. The summed E-state index contributed by atoms with van der Waals surface area (Å²) in [6.07, 6.45) is 1.73. The minimum absolute atomic E-state index is 0.00846. The van der Waals surface area contributed by atoms with E-state index in [-0.39, 0.29) is 5.91 Å². The van der Waals surface area contributed by atoms with Crippen molar-refractivity contribution in [2.45, 2.75) is 5.16 Å². The van der Waals surface area contributed by atoms with Gasteiger partial charge < -0.3 is 14.6 Å². The number of aromatic nitrogens is 2. The summed E-state index contributed by atoms with van der Waals surface area (Å²) >= 11 is 1.38. The summed E-state index contributed by atoms with van der Waals surface area (Å²) in [5.41, 5.74) is 2.60. The van der Waals surface area contributed by atoms with E-state index in [9.17, 15) is 4.79 Å². The van der Waals surface area contributed by atoms with Gasteiger partial charge in [-0.15, -0.1) is 6.58 Å². The summed E-state index contributed by atoms with van der Waals surface area (Å²) in [5.74, 6) is 1.07. The van der Waals surface area contributed by atoms with Crippen LogP contribution in [0.1, 0.15) is 0 Å². The van der Waals surface area contributed by atoms with Gasteiger partial charge in [-0.05, 0) is 24.3 Å². The average molecular weight is 353 g/mol. The predicted octanol–water partition coefficient (Wildman–Crippen LogP) is 3.88. The van der Waals surface area contributed by atoms with Crippen LogP contribution in [0.4, 0.5) is 5.69 Å². The highest BCUT2D eigenvalue weighted by molar-refractivity contribution is 7.99. The first-order valence-electron chi connectivity index (χ1n) is 7.84. The Morgan fingerprint density at radius 1 is 1.32 bits per heavy atom. The summed E-state index contributed by atoms with van der Waals surface area (Å²) in [4.78, 5) is 22.0. The second-order valence-corrected chi connectivity index (χ2v) is 6.31. The number of carbonyl (C=O) groups is 1. The number of benzene rings is 2. The molecule has 0 aliphatic heterocycles. The molecule has 1 N–H and O–H groups in total. The van der Waals surface area contributed by atoms with E-state index < -0.39 is 0 Å². The first-order valence-corrected chi connectivity index (χ1v) is 8.82. The van der Waals surface area contributed by atoms with Crippen LogP contribution in [-0.4, -0.2) is 35.3 Å². The predicted molar refractivity (Wildman–Crippen MR) is 102 cm³/mol. The van der Waals surface area contributed by atoms with Gasteiger partial charge in [0.05, 0.1) is 23.9 Å². The largest absolute Gasteiger partial charge is 0.497 e. The van der Waals surface area contributed by atoms with Crippen molar-refractivity contribution in [3.05, 3.63) is 61.2 Å². The Hall–Kier alpha value is -2.73. The molecule has 0 saturated carbocycles. The number of methoxy groups -OCH3 is 1. The van der Waals surface area contributed by atoms with Crippen molar-refractivity contribution >= 4 is 34.4 Å². The molecule has 0 fully saturated rings. The Kier molecular flexibility index (Phi) is 5.40. The minimum Gasteiger partial charge on any atom is -0.497 e. The van der Waals surface area contributed by atoms with Crippen LogP contribution in [-0.2, 0) is 4.79 Å². The number of nitrogens with zero attached hydrogens (tertiary/aromatic N) is 2. The van der Waals surface area contributed by atoms with Crippen LogP contribution >= 0.6 is 11.8 Å². The number of hydrogen-bond acceptors (Lipinski definition) is 4. The fourth-order valence-electron chi connectivity index (χ4n) is 2.46. The zero-order chi connectivity index (χ0) is 17.6. The van der Waals surface area contributed by atoms with Crippen molar-refractivity contribution in [1.29, 1.82) is 0 Å². The molecule has 2 aromatic carbocycles. The summed E-state index contributed by atoms with van der Waals surface area (Å²) in [5, 5.41) is 0.711. The maximum Gasteiger partial charge on any atom is 0.237 e. The first-order chi connectivity index (χ1) is 12.2. The molecule has 1 heterocycles. The molecule has 1 amide bonds. The SMILES string of the molecule is C=CCN(C(=O)CSc1nc2ccc(OC)cc2[nH]1)c1ccccc1. The highest BCUT2D eigenvalue weighted by atomic mass is 32.2. The lowest BCUT2D eigenvalue weighted by atomic mass is 10.3. The Morgan fingerprint density at radius 3 is 2.84 bits per heavy atom. The number of thioether (sulfide) groups is 1. The molecule has 0 aliphatic rings. The topological polar surface area (TPSA) is 58.2 Å². The fourth-order valence-corrected chi connectivity index (χ4v) is 3.22. The third-order valence-corrected chi connectivity index (χ3v) is 4.54. The van der Waals surface area contributed by atoms with Crippen molar-refractivity contribution < 1.29 is 9.53 Å². The van der Waals surface area contributed by atoms with E-state index in [1.165, 1.54) is 11.8 Å². The third kappa shape index (κ3) is 4.03. The standard InChI is InChI=1S/C19H19N3O2S/c1-3-11-22(14-7-5-4-6-8-14)18(23)13-25-19-20-16-10-9-15(24-2)12-17(16)21-19/h3-10,12H,1,11,13H2,2H3,(H,20,21). The van der Waals surface area contributed by atoms with E-state index in [4.69, 9.17) is 4.74 Å². The van der Waals surface area contributed by atoms with Gasteiger partial charge in [-0.2, -0.15) is 0 Å². The summed E-state index contributed by atoms with van der Waals surface area (Å²) in [6, 6.07) is 15.2. The van der Waals surface area contributed by atoms with Gasteiger partial charge in [0.15, 0.2) is 5.16 Å². The van der Waals surface area contributed by atoms with Gasteiger partial charge in [-0.1, -0.05) is 36.0 Å². The number of imidazole rings is 1. The number of aromatic amines is 1. The highest BCUT2D eigenvalue weighted by Crippen LogP contribution is 2.24. The van der Waals surface area contributed by atoms with E-state index in [2.05, 4.69) is 16.5 Å². The maximum absolute atomic E-state index is 12.6. The number of fused-ring (bicyclic) bond motifs is 1. The van der Waals surface area contributed by atoms with Crippen LogP contribution in [0.5, 0.6) is 5.75 Å². The lowest BCUT2D eigenvalue weighted by Gasteiger charge is -2.20. The van der Waals surface area contributed by atoms with Crippen LogP contribution in [0.25, 0.3) is 11.0 Å². The number of hydrogen-bond donors (Lipinski definition) is 1. The zero-order valence-corrected chi connectivity index (χ0v) is 14.8. The van der Waals surface area contributed by atoms with Crippen molar-refractivity contribution in [1.82, 2.24) is 9.97 Å². The van der Waals surface area contributed by atoms with Crippen molar-refractivity contribution in [2.24, 2.45) is 0 Å². The Morgan fingerprint density at radius 2 is 2.12 bits per heavy atom. The molecule has 6 heteroatoms. The van der Waals surface area contributed by atoms with Gasteiger partial charge in [-0.25, -0.2) is 4.98 Å². The number of H-pyrrole nitrogens is 1. The molecule has 1 aromatic heterocycles. The average Bonchev–Trinajstić information content (AvgIpc) is 3.06. The molecule has 5 nitrogen and oxygen atoms in total. The quantitative estimate of drug-likeness (QED) is 0.517. The third-order valence-electron chi connectivity index (χ3n) is 3.68. The lowest BCUT2D eigenvalue weighted by molar-refractivity contribution is -0.116. The number of anilines is 1. The molecular formula is C19H19N3O2S. The van der Waals surface area contributed by atoms with Gasteiger partial charge in [0.1, 0.15) is 5.75 Å². The van der Waals surface area contributed by atoms with Gasteiger partial charge in [0.2, 0.25) is 5.91 Å². The van der Waals surface area contributed by atoms with Crippen LogP contribution in [0.3, 0.4) is 0 Å². The second-order valence-electron chi connectivity index (χ2n) is 5.34. The Bertz CT molecular complexity index is 877. The van der Waals surface area contributed by atoms with Crippen LogP contribution < -0.4 is 9.64 Å². The van der Waals surface area contributed by atoms with Crippen LogP contribution in [0.15, 0.2) is 66.3 Å². The van der Waals surface area contributed by atoms with Crippen LogP contribution in [0, 0.1) is 0 Å². The second kappa shape index (κ2) is 7.90. The van der Waals surface area contributed by atoms with Crippen molar-refractivity contribution in [3.8, 4) is 5.75 Å². The van der Waals surface area contributed by atoms with Gasteiger partial charge in [0.25, 0.3) is 0 Å². The Balaban J connectivity index is 1.71. The van der Waals surface area contributed by atoms with E-state index >= 15 is 0 Å². The molecule has 0 spiro atoms. The first kappa shape index (κ1) is 17.1. The smallest absolute Gasteiger partial charge is 0.237 e. The summed E-state index contributed by atoms with van der Waals surface area (Å²) < 4.78 is 5.21. The number of amides is 1.